The first-order chi connectivity index (χ1) is 22.8. The minimum atomic E-state index is 1.24. The van der Waals surface area contributed by atoms with Crippen molar-refractivity contribution in [2.75, 3.05) is 0 Å². The van der Waals surface area contributed by atoms with Gasteiger partial charge in [-0.15, -0.1) is 0 Å². The van der Waals surface area contributed by atoms with E-state index in [1.54, 1.807) is 0 Å². The predicted molar refractivity (Wildman–Crippen MR) is 198 cm³/mol. The molecule has 9 aromatic carbocycles. The van der Waals surface area contributed by atoms with Gasteiger partial charge in [0, 0.05) is 0 Å². The van der Waals surface area contributed by atoms with Crippen LogP contribution in [0.25, 0.3) is 87.6 Å². The smallest absolute Gasteiger partial charge is 0.00201 e. The van der Waals surface area contributed by atoms with Crippen LogP contribution in [0.15, 0.2) is 182 Å². The van der Waals surface area contributed by atoms with Gasteiger partial charge in [0.25, 0.3) is 0 Å². The molecule has 0 amide bonds. The molecule has 0 spiro atoms. The lowest BCUT2D eigenvalue weighted by molar-refractivity contribution is 1.64. The lowest BCUT2D eigenvalue weighted by Gasteiger charge is -2.20. The molecule has 0 N–H and O–H groups in total. The maximum absolute atomic E-state index is 2.37. The standard InChI is InChI=1S/C46H30/c1-3-13-31(14-4-1)34-25-23-32-24-26-35(30-36(32)29-34)45-40-19-9-11-21-42(40)46(43-22-12-10-20-41(43)45)44-28-27-37(33-15-5-2-6-16-33)38-17-7-8-18-39(38)44/h1-30H. The van der Waals surface area contributed by atoms with Crippen molar-refractivity contribution in [1.29, 1.82) is 0 Å². The third-order valence-corrected chi connectivity index (χ3v) is 9.45. The van der Waals surface area contributed by atoms with Gasteiger partial charge in [0.2, 0.25) is 0 Å². The van der Waals surface area contributed by atoms with Crippen LogP contribution >= 0.6 is 0 Å². The minimum absolute atomic E-state index is 1.24. The molecule has 0 saturated carbocycles. The third kappa shape index (κ3) is 4.30. The average molecular weight is 583 g/mol. The second-order valence-corrected chi connectivity index (χ2v) is 12.1. The van der Waals surface area contributed by atoms with Gasteiger partial charge < -0.3 is 0 Å². The van der Waals surface area contributed by atoms with Crippen molar-refractivity contribution >= 4 is 43.1 Å². The third-order valence-electron chi connectivity index (χ3n) is 9.45. The van der Waals surface area contributed by atoms with E-state index in [4.69, 9.17) is 0 Å². The summed E-state index contributed by atoms with van der Waals surface area (Å²) in [5.74, 6) is 0. The predicted octanol–water partition coefficient (Wildman–Crippen LogP) is 13.0. The molecule has 9 rings (SSSR count). The molecule has 0 fully saturated rings. The summed E-state index contributed by atoms with van der Waals surface area (Å²) in [7, 11) is 0. The maximum atomic E-state index is 2.37. The summed E-state index contributed by atoms with van der Waals surface area (Å²) >= 11 is 0. The van der Waals surface area contributed by atoms with E-state index in [9.17, 15) is 0 Å². The Bertz CT molecular complexity index is 2500. The van der Waals surface area contributed by atoms with Gasteiger partial charge in [-0.2, -0.15) is 0 Å². The van der Waals surface area contributed by atoms with E-state index in [-0.39, 0.29) is 0 Å². The first-order valence-corrected chi connectivity index (χ1v) is 15.9. The Balaban J connectivity index is 1.32. The summed E-state index contributed by atoms with van der Waals surface area (Å²) in [5, 5.41) is 10.1. The maximum Gasteiger partial charge on any atom is -0.00201 e. The van der Waals surface area contributed by atoms with Gasteiger partial charge in [0.05, 0.1) is 0 Å². The van der Waals surface area contributed by atoms with Gasteiger partial charge in [-0.3, -0.25) is 0 Å². The molecular formula is C46H30. The molecule has 0 heterocycles. The van der Waals surface area contributed by atoms with E-state index in [1.807, 2.05) is 0 Å². The highest BCUT2D eigenvalue weighted by Crippen LogP contribution is 2.46. The molecule has 0 aliphatic rings. The molecule has 0 saturated heterocycles. The van der Waals surface area contributed by atoms with E-state index < -0.39 is 0 Å². The Morgan fingerprint density at radius 3 is 1.26 bits per heavy atom. The highest BCUT2D eigenvalue weighted by Gasteiger charge is 2.19. The SMILES string of the molecule is c1ccc(-c2ccc3ccc(-c4c5ccccc5c(-c5ccc(-c6ccccc6)c6ccccc56)c5ccccc45)cc3c2)cc1. The Morgan fingerprint density at radius 2 is 0.652 bits per heavy atom. The topological polar surface area (TPSA) is 0 Å². The van der Waals surface area contributed by atoms with E-state index in [1.165, 1.54) is 87.6 Å². The molecule has 0 aliphatic carbocycles. The van der Waals surface area contributed by atoms with Gasteiger partial charge in [-0.25, -0.2) is 0 Å². The average Bonchev–Trinajstić information content (AvgIpc) is 3.14. The molecule has 0 radical (unpaired) electrons. The quantitative estimate of drug-likeness (QED) is 0.181. The van der Waals surface area contributed by atoms with Crippen molar-refractivity contribution in [2.45, 2.75) is 0 Å². The van der Waals surface area contributed by atoms with Crippen LogP contribution in [0.4, 0.5) is 0 Å². The summed E-state index contributed by atoms with van der Waals surface area (Å²) in [6.07, 6.45) is 0. The molecule has 0 nitrogen and oxygen atoms in total. The highest BCUT2D eigenvalue weighted by atomic mass is 14.2. The van der Waals surface area contributed by atoms with Crippen molar-refractivity contribution in [1.82, 2.24) is 0 Å². The van der Waals surface area contributed by atoms with Crippen LogP contribution in [0.1, 0.15) is 0 Å². The van der Waals surface area contributed by atoms with Crippen molar-refractivity contribution in [3.8, 4) is 44.5 Å². The Labute approximate surface area is 268 Å². The fraction of sp³-hybridized carbons (Fsp3) is 0. The van der Waals surface area contributed by atoms with Crippen molar-refractivity contribution in [2.24, 2.45) is 0 Å². The zero-order valence-corrected chi connectivity index (χ0v) is 25.3. The molecule has 9 aromatic rings. The first kappa shape index (κ1) is 26.4. The van der Waals surface area contributed by atoms with Crippen molar-refractivity contribution in [3.63, 3.8) is 0 Å². The molecule has 214 valence electrons. The number of benzene rings is 9. The fourth-order valence-electron chi connectivity index (χ4n) is 7.33. The Hall–Kier alpha value is -5.98. The summed E-state index contributed by atoms with van der Waals surface area (Å²) in [5.41, 5.74) is 10.0. The summed E-state index contributed by atoms with van der Waals surface area (Å²) in [6, 6.07) is 66.5. The largest absolute Gasteiger partial charge is 0.0622 e. The lowest BCUT2D eigenvalue weighted by atomic mass is 9.83. The van der Waals surface area contributed by atoms with Crippen LogP contribution < -0.4 is 0 Å². The highest BCUT2D eigenvalue weighted by molar-refractivity contribution is 6.24. The fourth-order valence-corrected chi connectivity index (χ4v) is 7.33. The Kier molecular flexibility index (Phi) is 6.25. The van der Waals surface area contributed by atoms with Gasteiger partial charge in [-0.05, 0) is 99.7 Å². The van der Waals surface area contributed by atoms with E-state index in [2.05, 4.69) is 182 Å². The number of fused-ring (bicyclic) bond motifs is 4. The summed E-state index contributed by atoms with van der Waals surface area (Å²) in [4.78, 5) is 0. The molecule has 0 heteroatoms. The van der Waals surface area contributed by atoms with Gasteiger partial charge in [-0.1, -0.05) is 170 Å². The molecule has 46 heavy (non-hydrogen) atoms. The van der Waals surface area contributed by atoms with Gasteiger partial charge >= 0.3 is 0 Å². The normalized spacial score (nSPS) is 11.5. The van der Waals surface area contributed by atoms with Crippen LogP contribution in [0, 0.1) is 0 Å². The van der Waals surface area contributed by atoms with Gasteiger partial charge in [0.15, 0.2) is 0 Å². The second-order valence-electron chi connectivity index (χ2n) is 12.1. The molecule has 0 bridgehead atoms. The second kappa shape index (κ2) is 10.9. The van der Waals surface area contributed by atoms with E-state index >= 15 is 0 Å². The molecule has 0 unspecified atom stereocenters. The summed E-state index contributed by atoms with van der Waals surface area (Å²) < 4.78 is 0. The van der Waals surface area contributed by atoms with Crippen LogP contribution in [0.2, 0.25) is 0 Å². The number of hydrogen-bond donors (Lipinski definition) is 0. The zero-order valence-electron chi connectivity index (χ0n) is 25.3. The molecule has 0 aromatic heterocycles. The van der Waals surface area contributed by atoms with Crippen LogP contribution in [-0.2, 0) is 0 Å². The molecule has 0 aliphatic heterocycles. The minimum Gasteiger partial charge on any atom is -0.0622 e. The van der Waals surface area contributed by atoms with Crippen LogP contribution in [0.3, 0.4) is 0 Å². The summed E-state index contributed by atoms with van der Waals surface area (Å²) in [6.45, 7) is 0. The van der Waals surface area contributed by atoms with E-state index in [0.717, 1.165) is 0 Å². The van der Waals surface area contributed by atoms with Crippen molar-refractivity contribution in [3.05, 3.63) is 182 Å². The van der Waals surface area contributed by atoms with Gasteiger partial charge in [0.1, 0.15) is 0 Å². The monoisotopic (exact) mass is 582 g/mol. The lowest BCUT2D eigenvalue weighted by Crippen LogP contribution is -1.92. The number of rotatable bonds is 4. The molecular weight excluding hydrogens is 553 g/mol. The Morgan fingerprint density at radius 1 is 0.217 bits per heavy atom. The van der Waals surface area contributed by atoms with E-state index in [0.29, 0.717) is 0 Å². The molecule has 0 atom stereocenters. The zero-order chi connectivity index (χ0) is 30.5. The van der Waals surface area contributed by atoms with Crippen molar-refractivity contribution < 1.29 is 0 Å². The van der Waals surface area contributed by atoms with Crippen LogP contribution in [0.5, 0.6) is 0 Å². The van der Waals surface area contributed by atoms with Crippen LogP contribution in [-0.4, -0.2) is 0 Å². The first-order valence-electron chi connectivity index (χ1n) is 15.9. The number of hydrogen-bond acceptors (Lipinski definition) is 0.